The van der Waals surface area contributed by atoms with Crippen LogP contribution in [0, 0.1) is 13.8 Å². The van der Waals surface area contributed by atoms with Gasteiger partial charge >= 0.3 is 0 Å². The molecule has 144 valence electrons. The van der Waals surface area contributed by atoms with E-state index in [4.69, 9.17) is 4.74 Å². The summed E-state index contributed by atoms with van der Waals surface area (Å²) in [4.78, 5) is 25.5. The lowest BCUT2D eigenvalue weighted by Crippen LogP contribution is -2.28. The second-order valence-corrected chi connectivity index (χ2v) is 6.37. The molecule has 0 radical (unpaired) electrons. The number of nitrogens with one attached hydrogen (secondary N) is 1. The first kappa shape index (κ1) is 20.4. The molecule has 0 saturated carbocycles. The zero-order valence-corrected chi connectivity index (χ0v) is 16.3. The maximum atomic E-state index is 12.5. The van der Waals surface area contributed by atoms with Gasteiger partial charge in [-0.2, -0.15) is 5.10 Å². The van der Waals surface area contributed by atoms with Gasteiger partial charge in [0.1, 0.15) is 0 Å². The summed E-state index contributed by atoms with van der Waals surface area (Å²) in [6, 6.07) is 3.77. The molecule has 0 aliphatic heterocycles. The van der Waals surface area contributed by atoms with Gasteiger partial charge in [0.25, 0.3) is 5.91 Å². The average molecular weight is 370 g/mol. The summed E-state index contributed by atoms with van der Waals surface area (Å²) in [5.74, 6) is -0.331. The van der Waals surface area contributed by atoms with E-state index in [9.17, 15) is 9.59 Å². The third-order valence-electron chi connectivity index (χ3n) is 4.12. The second kappa shape index (κ2) is 9.14. The number of aromatic nitrogens is 2. The summed E-state index contributed by atoms with van der Waals surface area (Å²) < 4.78 is 6.84. The maximum absolute atomic E-state index is 12.5. The maximum Gasteiger partial charge on any atom is 0.250 e. The number of ether oxygens (including phenoxy) is 1. The molecule has 2 aromatic rings. The first-order valence-electron chi connectivity index (χ1n) is 8.68. The molecule has 2 rings (SSSR count). The monoisotopic (exact) mass is 370 g/mol. The number of carbonyl (C=O) groups excluding carboxylic acids is 2. The van der Waals surface area contributed by atoms with Gasteiger partial charge in [-0.25, -0.2) is 0 Å². The largest absolute Gasteiger partial charge is 0.383 e. The van der Waals surface area contributed by atoms with E-state index in [2.05, 4.69) is 17.0 Å². The summed E-state index contributed by atoms with van der Waals surface area (Å²) in [6.45, 7) is 10.5. The van der Waals surface area contributed by atoms with Gasteiger partial charge in [0.15, 0.2) is 0 Å². The molecule has 0 saturated heterocycles. The van der Waals surface area contributed by atoms with Crippen molar-refractivity contribution in [2.24, 2.45) is 0 Å². The van der Waals surface area contributed by atoms with Crippen LogP contribution in [-0.2, 0) is 27.4 Å². The van der Waals surface area contributed by atoms with E-state index in [1.54, 1.807) is 22.9 Å². The van der Waals surface area contributed by atoms with Crippen LogP contribution < -0.4 is 10.2 Å². The number of anilines is 2. The molecular weight excluding hydrogens is 344 g/mol. The predicted molar refractivity (Wildman–Crippen MR) is 106 cm³/mol. The van der Waals surface area contributed by atoms with Crippen LogP contribution in [0.25, 0.3) is 0 Å². The van der Waals surface area contributed by atoms with E-state index in [0.29, 0.717) is 19.7 Å². The molecule has 2 amide bonds. The summed E-state index contributed by atoms with van der Waals surface area (Å²) in [7, 11) is 1.64. The summed E-state index contributed by atoms with van der Waals surface area (Å²) in [6.07, 6.45) is 4.93. The Bertz CT molecular complexity index is 818. The summed E-state index contributed by atoms with van der Waals surface area (Å²) >= 11 is 0. The number of hydrogen-bond donors (Lipinski definition) is 1. The Morgan fingerprint density at radius 1 is 1.33 bits per heavy atom. The molecule has 7 heteroatoms. The van der Waals surface area contributed by atoms with Crippen molar-refractivity contribution < 1.29 is 14.3 Å². The van der Waals surface area contributed by atoms with Crippen molar-refractivity contribution >= 4 is 23.2 Å². The molecule has 0 aliphatic carbocycles. The van der Waals surface area contributed by atoms with Crippen LogP contribution >= 0.6 is 0 Å². The molecule has 0 bridgehead atoms. The Morgan fingerprint density at radius 3 is 2.56 bits per heavy atom. The van der Waals surface area contributed by atoms with Gasteiger partial charge in [0.2, 0.25) is 5.91 Å². The number of nitrogens with zero attached hydrogens (tertiary/aromatic N) is 3. The van der Waals surface area contributed by atoms with Crippen molar-refractivity contribution in [2.45, 2.75) is 33.9 Å². The highest BCUT2D eigenvalue weighted by Crippen LogP contribution is 2.28. The quantitative estimate of drug-likeness (QED) is 0.725. The summed E-state index contributed by atoms with van der Waals surface area (Å²) in [5, 5.41) is 7.13. The number of amides is 2. The lowest BCUT2D eigenvalue weighted by molar-refractivity contribution is -0.115. The molecule has 1 heterocycles. The van der Waals surface area contributed by atoms with Crippen LogP contribution in [0.3, 0.4) is 0 Å². The number of benzene rings is 1. The van der Waals surface area contributed by atoms with Crippen molar-refractivity contribution in [1.82, 2.24) is 9.78 Å². The third-order valence-corrected chi connectivity index (χ3v) is 4.12. The Morgan fingerprint density at radius 2 is 2.00 bits per heavy atom. The Hall–Kier alpha value is -2.93. The van der Waals surface area contributed by atoms with Crippen molar-refractivity contribution in [3.63, 3.8) is 0 Å². The molecule has 0 spiro atoms. The smallest absolute Gasteiger partial charge is 0.250 e. The third kappa shape index (κ3) is 5.27. The van der Waals surface area contributed by atoms with Crippen LogP contribution in [0.4, 0.5) is 11.4 Å². The van der Waals surface area contributed by atoms with Gasteiger partial charge in [-0.1, -0.05) is 6.58 Å². The number of aryl methyl sites for hydroxylation is 2. The van der Waals surface area contributed by atoms with Gasteiger partial charge in [0, 0.05) is 37.2 Å². The fourth-order valence-electron chi connectivity index (χ4n) is 2.85. The highest BCUT2D eigenvalue weighted by Gasteiger charge is 2.17. The molecule has 27 heavy (non-hydrogen) atoms. The topological polar surface area (TPSA) is 76.5 Å². The molecule has 1 aromatic heterocycles. The van der Waals surface area contributed by atoms with E-state index in [1.165, 1.54) is 13.0 Å². The van der Waals surface area contributed by atoms with Gasteiger partial charge in [0.05, 0.1) is 25.9 Å². The standard InChI is InChI=1S/C20H26N4O3/c1-6-19(26)24(13-17-11-21-23(12-17)7-8-27-5)18-9-14(2)20(15(3)10-18)22-16(4)25/h6,9-12H,1,7-8,13H2,2-5H3,(H,22,25). The minimum absolute atomic E-state index is 0.128. The Labute approximate surface area is 159 Å². The molecule has 0 aliphatic rings. The SMILES string of the molecule is C=CC(=O)N(Cc1cnn(CCOC)c1)c1cc(C)c(NC(C)=O)c(C)c1. The molecule has 0 fully saturated rings. The fourth-order valence-corrected chi connectivity index (χ4v) is 2.85. The molecular formula is C20H26N4O3. The number of rotatable bonds is 8. The zero-order chi connectivity index (χ0) is 20.0. The molecule has 0 atom stereocenters. The second-order valence-electron chi connectivity index (χ2n) is 6.37. The highest BCUT2D eigenvalue weighted by atomic mass is 16.5. The average Bonchev–Trinajstić information content (AvgIpc) is 3.07. The highest BCUT2D eigenvalue weighted by molar-refractivity contribution is 6.01. The molecule has 1 N–H and O–H groups in total. The van der Waals surface area contributed by atoms with E-state index < -0.39 is 0 Å². The summed E-state index contributed by atoms with van der Waals surface area (Å²) in [5.41, 5.74) is 4.19. The van der Waals surface area contributed by atoms with Gasteiger partial charge in [-0.3, -0.25) is 14.3 Å². The lowest BCUT2D eigenvalue weighted by Gasteiger charge is -2.23. The van der Waals surface area contributed by atoms with Crippen molar-refractivity contribution in [3.05, 3.63) is 53.9 Å². The zero-order valence-electron chi connectivity index (χ0n) is 16.3. The Balaban J connectivity index is 2.31. The lowest BCUT2D eigenvalue weighted by atomic mass is 10.1. The molecule has 7 nitrogen and oxygen atoms in total. The molecule has 1 aromatic carbocycles. The normalized spacial score (nSPS) is 10.5. The van der Waals surface area contributed by atoms with Gasteiger partial charge in [-0.05, 0) is 43.2 Å². The van der Waals surface area contributed by atoms with E-state index in [0.717, 1.165) is 28.1 Å². The first-order valence-corrected chi connectivity index (χ1v) is 8.68. The molecule has 0 unspecified atom stereocenters. The minimum atomic E-state index is -0.203. The Kier molecular flexibility index (Phi) is 6.90. The minimum Gasteiger partial charge on any atom is -0.383 e. The van der Waals surface area contributed by atoms with Crippen molar-refractivity contribution in [3.8, 4) is 0 Å². The van der Waals surface area contributed by atoms with Gasteiger partial charge in [-0.15, -0.1) is 0 Å². The predicted octanol–water partition coefficient (Wildman–Crippen LogP) is 2.82. The van der Waals surface area contributed by atoms with Crippen LogP contribution in [0.2, 0.25) is 0 Å². The first-order chi connectivity index (χ1) is 12.8. The van der Waals surface area contributed by atoms with Crippen LogP contribution in [0.1, 0.15) is 23.6 Å². The van der Waals surface area contributed by atoms with Gasteiger partial charge < -0.3 is 15.0 Å². The fraction of sp³-hybridized carbons (Fsp3) is 0.350. The van der Waals surface area contributed by atoms with Crippen LogP contribution in [-0.4, -0.2) is 35.3 Å². The van der Waals surface area contributed by atoms with E-state index >= 15 is 0 Å². The van der Waals surface area contributed by atoms with E-state index in [1.807, 2.05) is 32.2 Å². The van der Waals surface area contributed by atoms with Crippen molar-refractivity contribution in [1.29, 1.82) is 0 Å². The van der Waals surface area contributed by atoms with E-state index in [-0.39, 0.29) is 11.8 Å². The number of hydrogen-bond acceptors (Lipinski definition) is 4. The van der Waals surface area contributed by atoms with Crippen LogP contribution in [0.5, 0.6) is 0 Å². The van der Waals surface area contributed by atoms with Crippen molar-refractivity contribution in [2.75, 3.05) is 23.9 Å². The van der Waals surface area contributed by atoms with Crippen LogP contribution in [0.15, 0.2) is 37.2 Å². The number of methoxy groups -OCH3 is 1. The number of carbonyl (C=O) groups is 2.